The molecule has 5 nitrogen and oxygen atoms in total. The van der Waals surface area contributed by atoms with Gasteiger partial charge in [-0.1, -0.05) is 59.8 Å². The van der Waals surface area contributed by atoms with E-state index in [4.69, 9.17) is 4.52 Å². The van der Waals surface area contributed by atoms with Gasteiger partial charge in [-0.05, 0) is 30.7 Å². The molecule has 4 aromatic rings. The van der Waals surface area contributed by atoms with Gasteiger partial charge in [0.15, 0.2) is 0 Å². The van der Waals surface area contributed by atoms with Crippen LogP contribution in [0.5, 0.6) is 0 Å². The highest BCUT2D eigenvalue weighted by molar-refractivity contribution is 5.69. The molecule has 0 radical (unpaired) electrons. The summed E-state index contributed by atoms with van der Waals surface area (Å²) in [4.78, 5) is 2.23. The first-order valence-corrected chi connectivity index (χ1v) is 9.01. The Morgan fingerprint density at radius 3 is 2.37 bits per heavy atom. The highest BCUT2D eigenvalue weighted by Crippen LogP contribution is 2.27. The van der Waals surface area contributed by atoms with E-state index in [0.717, 1.165) is 29.1 Å². The van der Waals surface area contributed by atoms with Gasteiger partial charge in [-0.25, -0.2) is 0 Å². The molecule has 0 amide bonds. The molecule has 0 unspecified atom stereocenters. The highest BCUT2D eigenvalue weighted by Gasteiger charge is 2.17. The molecule has 27 heavy (non-hydrogen) atoms. The Kier molecular flexibility index (Phi) is 4.85. The zero-order chi connectivity index (χ0) is 18.6. The molecule has 2 aromatic heterocycles. The van der Waals surface area contributed by atoms with Crippen LogP contribution in [0.15, 0.2) is 77.6 Å². The van der Waals surface area contributed by atoms with Crippen LogP contribution in [0.1, 0.15) is 24.2 Å². The monoisotopic (exact) mass is 358 g/mol. The number of aromatic nitrogens is 3. The maximum Gasteiger partial charge on any atom is 0.124 e. The third-order valence-corrected chi connectivity index (χ3v) is 4.97. The molecule has 1 N–H and O–H groups in total. The van der Waals surface area contributed by atoms with E-state index >= 15 is 0 Å². The zero-order valence-electron chi connectivity index (χ0n) is 15.5. The lowest BCUT2D eigenvalue weighted by molar-refractivity contribution is 0.241. The molecular weight excluding hydrogens is 336 g/mol. The largest absolute Gasteiger partial charge is 0.364 e. The van der Waals surface area contributed by atoms with Gasteiger partial charge in [0.25, 0.3) is 0 Å². The standard InChI is InChI=1S/C22H22N4O/c1-16(21-12-13-27-25-21)26(2)15-20-14-23-24-22(20)19-10-8-18(9-11-19)17-6-4-3-5-7-17/h3-14,16H,15H2,1-2H3,(H,23,24)/t16-/m0/s1. The third-order valence-electron chi connectivity index (χ3n) is 4.97. The minimum absolute atomic E-state index is 0.159. The Hall–Kier alpha value is -3.18. The molecule has 0 fully saturated rings. The second-order valence-electron chi connectivity index (χ2n) is 6.73. The fourth-order valence-electron chi connectivity index (χ4n) is 3.21. The maximum atomic E-state index is 4.97. The van der Waals surface area contributed by atoms with Crippen molar-refractivity contribution in [2.75, 3.05) is 7.05 Å². The third kappa shape index (κ3) is 3.68. The van der Waals surface area contributed by atoms with Crippen LogP contribution in [0.25, 0.3) is 22.4 Å². The molecule has 1 atom stereocenters. The van der Waals surface area contributed by atoms with Crippen molar-refractivity contribution in [3.05, 3.63) is 84.4 Å². The van der Waals surface area contributed by atoms with Gasteiger partial charge in [-0.2, -0.15) is 5.10 Å². The molecule has 0 saturated heterocycles. The molecule has 2 heterocycles. The van der Waals surface area contributed by atoms with Gasteiger partial charge in [-0.15, -0.1) is 0 Å². The second-order valence-corrected chi connectivity index (χ2v) is 6.73. The molecule has 0 aliphatic carbocycles. The van der Waals surface area contributed by atoms with Gasteiger partial charge in [0, 0.05) is 18.2 Å². The Morgan fingerprint density at radius 1 is 0.963 bits per heavy atom. The van der Waals surface area contributed by atoms with Gasteiger partial charge in [-0.3, -0.25) is 10.00 Å². The van der Waals surface area contributed by atoms with Crippen molar-refractivity contribution < 1.29 is 4.52 Å². The van der Waals surface area contributed by atoms with Crippen molar-refractivity contribution in [1.29, 1.82) is 0 Å². The van der Waals surface area contributed by atoms with E-state index < -0.39 is 0 Å². The van der Waals surface area contributed by atoms with Gasteiger partial charge in [0.1, 0.15) is 12.0 Å². The number of benzene rings is 2. The summed E-state index contributed by atoms with van der Waals surface area (Å²) in [5, 5.41) is 11.5. The minimum Gasteiger partial charge on any atom is -0.364 e. The van der Waals surface area contributed by atoms with Crippen LogP contribution in [0.2, 0.25) is 0 Å². The zero-order valence-corrected chi connectivity index (χ0v) is 15.5. The number of H-pyrrole nitrogens is 1. The summed E-state index contributed by atoms with van der Waals surface area (Å²) in [5.74, 6) is 0. The van der Waals surface area contributed by atoms with E-state index in [1.54, 1.807) is 6.26 Å². The van der Waals surface area contributed by atoms with Crippen molar-refractivity contribution in [1.82, 2.24) is 20.3 Å². The van der Waals surface area contributed by atoms with Gasteiger partial charge in [0.05, 0.1) is 17.9 Å². The summed E-state index contributed by atoms with van der Waals surface area (Å²) in [7, 11) is 2.08. The van der Waals surface area contributed by atoms with E-state index in [2.05, 4.69) is 82.8 Å². The molecule has 2 aromatic carbocycles. The number of rotatable bonds is 6. The minimum atomic E-state index is 0.159. The predicted molar refractivity (Wildman–Crippen MR) is 106 cm³/mol. The first kappa shape index (κ1) is 17.2. The number of hydrogen-bond acceptors (Lipinski definition) is 4. The second kappa shape index (κ2) is 7.60. The predicted octanol–water partition coefficient (Wildman–Crippen LogP) is 4.92. The van der Waals surface area contributed by atoms with Crippen molar-refractivity contribution in [2.45, 2.75) is 19.5 Å². The highest BCUT2D eigenvalue weighted by atomic mass is 16.5. The normalized spacial score (nSPS) is 12.4. The fraction of sp³-hybridized carbons (Fsp3) is 0.182. The fourth-order valence-corrected chi connectivity index (χ4v) is 3.21. The summed E-state index contributed by atoms with van der Waals surface area (Å²) in [6, 6.07) is 21.0. The molecule has 0 aliphatic rings. The molecule has 5 heteroatoms. The van der Waals surface area contributed by atoms with E-state index in [0.29, 0.717) is 0 Å². The first-order valence-electron chi connectivity index (χ1n) is 9.01. The van der Waals surface area contributed by atoms with E-state index in [1.165, 1.54) is 11.1 Å². The van der Waals surface area contributed by atoms with Crippen molar-refractivity contribution in [3.8, 4) is 22.4 Å². The first-order chi connectivity index (χ1) is 13.2. The molecule has 4 rings (SSSR count). The number of hydrogen-bond donors (Lipinski definition) is 1. The van der Waals surface area contributed by atoms with Crippen LogP contribution in [0.4, 0.5) is 0 Å². The Bertz CT molecular complexity index is 975. The van der Waals surface area contributed by atoms with E-state index in [9.17, 15) is 0 Å². The topological polar surface area (TPSA) is 58.0 Å². The molecule has 0 aliphatic heterocycles. The van der Waals surface area contributed by atoms with Crippen LogP contribution in [0.3, 0.4) is 0 Å². The number of nitrogens with zero attached hydrogens (tertiary/aromatic N) is 3. The molecule has 0 bridgehead atoms. The van der Waals surface area contributed by atoms with Crippen LogP contribution in [0, 0.1) is 0 Å². The Labute approximate surface area is 158 Å². The van der Waals surface area contributed by atoms with E-state index in [1.807, 2.05) is 18.3 Å². The van der Waals surface area contributed by atoms with E-state index in [-0.39, 0.29) is 6.04 Å². The van der Waals surface area contributed by atoms with Crippen LogP contribution < -0.4 is 0 Å². The van der Waals surface area contributed by atoms with Gasteiger partial charge < -0.3 is 4.52 Å². The quantitative estimate of drug-likeness (QED) is 0.531. The van der Waals surface area contributed by atoms with Crippen LogP contribution in [-0.2, 0) is 6.54 Å². The summed E-state index contributed by atoms with van der Waals surface area (Å²) in [6.07, 6.45) is 3.50. The SMILES string of the molecule is C[C@@H](c1ccon1)N(C)Cc1cn[nH]c1-c1ccc(-c2ccccc2)cc1. The van der Waals surface area contributed by atoms with Crippen molar-refractivity contribution >= 4 is 0 Å². The summed E-state index contributed by atoms with van der Waals surface area (Å²) in [6.45, 7) is 2.88. The molecule has 0 spiro atoms. The summed E-state index contributed by atoms with van der Waals surface area (Å²) >= 11 is 0. The number of nitrogens with one attached hydrogen (secondary N) is 1. The Balaban J connectivity index is 1.53. The van der Waals surface area contributed by atoms with Crippen LogP contribution in [-0.4, -0.2) is 27.3 Å². The van der Waals surface area contributed by atoms with Crippen LogP contribution >= 0.6 is 0 Å². The smallest absolute Gasteiger partial charge is 0.124 e. The molecular formula is C22H22N4O. The molecule has 136 valence electrons. The molecule has 0 saturated carbocycles. The lowest BCUT2D eigenvalue weighted by Crippen LogP contribution is -2.22. The summed E-state index contributed by atoms with van der Waals surface area (Å²) < 4.78 is 4.97. The number of aromatic amines is 1. The van der Waals surface area contributed by atoms with Gasteiger partial charge >= 0.3 is 0 Å². The van der Waals surface area contributed by atoms with Gasteiger partial charge in [0.2, 0.25) is 0 Å². The summed E-state index contributed by atoms with van der Waals surface area (Å²) in [5.41, 5.74) is 6.68. The van der Waals surface area contributed by atoms with Crippen molar-refractivity contribution in [2.24, 2.45) is 0 Å². The maximum absolute atomic E-state index is 4.97. The Morgan fingerprint density at radius 2 is 1.67 bits per heavy atom. The average molecular weight is 358 g/mol. The van der Waals surface area contributed by atoms with Crippen molar-refractivity contribution in [3.63, 3.8) is 0 Å². The lowest BCUT2D eigenvalue weighted by Gasteiger charge is -2.22. The lowest BCUT2D eigenvalue weighted by atomic mass is 10.0. The average Bonchev–Trinajstić information content (AvgIpc) is 3.40.